The molecule has 2 rings (SSSR count). The predicted octanol–water partition coefficient (Wildman–Crippen LogP) is 2.89. The van der Waals surface area contributed by atoms with Gasteiger partial charge >= 0.3 is 0 Å². The van der Waals surface area contributed by atoms with Gasteiger partial charge in [-0.25, -0.2) is 0 Å². The standard InChI is InChI=1S/C17H26N2OS/c1-13(2)16(21-12-14-7-4-3-5-8-14)17(20)19-10-6-9-15(18)11-19/h3-5,7-8,13,15-16H,6,9-12,18H2,1-2H3. The number of piperidine rings is 1. The molecule has 1 aliphatic heterocycles. The van der Waals surface area contributed by atoms with Crippen LogP contribution in [0, 0.1) is 5.92 Å². The Morgan fingerprint density at radius 3 is 2.71 bits per heavy atom. The number of carbonyl (C=O) groups is 1. The second-order valence-electron chi connectivity index (χ2n) is 6.15. The molecule has 1 saturated heterocycles. The van der Waals surface area contributed by atoms with Gasteiger partial charge in [-0.1, -0.05) is 44.2 Å². The van der Waals surface area contributed by atoms with Gasteiger partial charge in [-0.2, -0.15) is 0 Å². The van der Waals surface area contributed by atoms with Crippen LogP contribution in [0.15, 0.2) is 30.3 Å². The Kier molecular flexibility index (Phi) is 6.12. The van der Waals surface area contributed by atoms with Crippen LogP contribution in [0.2, 0.25) is 0 Å². The zero-order chi connectivity index (χ0) is 15.2. The molecule has 1 aliphatic rings. The van der Waals surface area contributed by atoms with Crippen molar-refractivity contribution in [2.24, 2.45) is 11.7 Å². The fourth-order valence-electron chi connectivity index (χ4n) is 2.70. The van der Waals surface area contributed by atoms with Crippen LogP contribution in [-0.2, 0) is 10.5 Å². The molecule has 2 atom stereocenters. The number of carbonyl (C=O) groups excluding carboxylic acids is 1. The third-order valence-electron chi connectivity index (χ3n) is 3.89. The lowest BCUT2D eigenvalue weighted by molar-refractivity contribution is -0.132. The van der Waals surface area contributed by atoms with Crippen LogP contribution in [0.1, 0.15) is 32.3 Å². The monoisotopic (exact) mass is 306 g/mol. The molecule has 1 heterocycles. The molecule has 2 unspecified atom stereocenters. The number of thioether (sulfide) groups is 1. The Balaban J connectivity index is 1.96. The van der Waals surface area contributed by atoms with E-state index in [0.717, 1.165) is 25.1 Å². The molecule has 1 aromatic carbocycles. The van der Waals surface area contributed by atoms with Gasteiger partial charge in [0, 0.05) is 24.9 Å². The number of benzene rings is 1. The number of hydrogen-bond donors (Lipinski definition) is 1. The van der Waals surface area contributed by atoms with Crippen molar-refractivity contribution in [1.29, 1.82) is 0 Å². The van der Waals surface area contributed by atoms with Crippen molar-refractivity contribution < 1.29 is 4.79 Å². The van der Waals surface area contributed by atoms with E-state index in [2.05, 4.69) is 26.0 Å². The highest BCUT2D eigenvalue weighted by Crippen LogP contribution is 2.26. The van der Waals surface area contributed by atoms with Crippen molar-refractivity contribution in [1.82, 2.24) is 4.90 Å². The molecule has 1 amide bonds. The van der Waals surface area contributed by atoms with E-state index in [1.165, 1.54) is 5.56 Å². The van der Waals surface area contributed by atoms with Gasteiger partial charge in [0.2, 0.25) is 5.91 Å². The summed E-state index contributed by atoms with van der Waals surface area (Å²) in [4.78, 5) is 14.7. The van der Waals surface area contributed by atoms with Gasteiger partial charge < -0.3 is 10.6 Å². The molecule has 0 aromatic heterocycles. The zero-order valence-electron chi connectivity index (χ0n) is 13.0. The van der Waals surface area contributed by atoms with Crippen LogP contribution in [0.4, 0.5) is 0 Å². The summed E-state index contributed by atoms with van der Waals surface area (Å²) < 4.78 is 0. The van der Waals surface area contributed by atoms with Crippen LogP contribution >= 0.6 is 11.8 Å². The van der Waals surface area contributed by atoms with Crippen molar-refractivity contribution in [3.05, 3.63) is 35.9 Å². The summed E-state index contributed by atoms with van der Waals surface area (Å²) in [5, 5.41) is 0.0236. The predicted molar refractivity (Wildman–Crippen MR) is 90.2 cm³/mol. The van der Waals surface area contributed by atoms with Gasteiger partial charge in [0.05, 0.1) is 5.25 Å². The first-order chi connectivity index (χ1) is 10.1. The highest BCUT2D eigenvalue weighted by Gasteiger charge is 2.30. The molecule has 4 heteroatoms. The van der Waals surface area contributed by atoms with Crippen molar-refractivity contribution >= 4 is 17.7 Å². The number of nitrogens with zero attached hydrogens (tertiary/aromatic N) is 1. The van der Waals surface area contributed by atoms with Crippen LogP contribution in [-0.4, -0.2) is 35.2 Å². The molecule has 0 saturated carbocycles. The van der Waals surface area contributed by atoms with Gasteiger partial charge in [-0.3, -0.25) is 4.79 Å². The first kappa shape index (κ1) is 16.4. The molecule has 0 bridgehead atoms. The summed E-state index contributed by atoms with van der Waals surface area (Å²) >= 11 is 1.75. The second-order valence-corrected chi connectivity index (χ2v) is 7.28. The summed E-state index contributed by atoms with van der Waals surface area (Å²) in [5.41, 5.74) is 7.28. The average Bonchev–Trinajstić information content (AvgIpc) is 2.48. The summed E-state index contributed by atoms with van der Waals surface area (Å²) in [5.74, 6) is 1.49. The Bertz CT molecular complexity index is 449. The molecule has 0 aliphatic carbocycles. The van der Waals surface area contributed by atoms with E-state index in [9.17, 15) is 4.79 Å². The lowest BCUT2D eigenvalue weighted by Crippen LogP contribution is -2.49. The van der Waals surface area contributed by atoms with E-state index in [0.29, 0.717) is 12.5 Å². The normalized spacial score (nSPS) is 20.6. The highest BCUT2D eigenvalue weighted by molar-refractivity contribution is 7.99. The van der Waals surface area contributed by atoms with E-state index in [1.54, 1.807) is 11.8 Å². The quantitative estimate of drug-likeness (QED) is 0.910. The Hall–Kier alpha value is -1.00. The SMILES string of the molecule is CC(C)C(SCc1ccccc1)C(=O)N1CCCC(N)C1. The first-order valence-electron chi connectivity index (χ1n) is 7.78. The van der Waals surface area contributed by atoms with E-state index >= 15 is 0 Å². The summed E-state index contributed by atoms with van der Waals surface area (Å²) in [6, 6.07) is 10.5. The molecule has 0 radical (unpaired) electrons. The number of nitrogens with two attached hydrogens (primary N) is 1. The van der Waals surface area contributed by atoms with E-state index in [-0.39, 0.29) is 17.2 Å². The summed E-state index contributed by atoms with van der Waals surface area (Å²) in [7, 11) is 0. The van der Waals surface area contributed by atoms with Crippen molar-refractivity contribution in [2.75, 3.05) is 13.1 Å². The van der Waals surface area contributed by atoms with E-state index in [4.69, 9.17) is 5.73 Å². The molecule has 0 spiro atoms. The zero-order valence-corrected chi connectivity index (χ0v) is 13.8. The van der Waals surface area contributed by atoms with Gasteiger partial charge in [0.1, 0.15) is 0 Å². The van der Waals surface area contributed by atoms with Gasteiger partial charge in [-0.15, -0.1) is 11.8 Å². The lowest BCUT2D eigenvalue weighted by Gasteiger charge is -2.34. The number of amides is 1. The Labute approximate surface area is 132 Å². The minimum Gasteiger partial charge on any atom is -0.340 e. The Morgan fingerprint density at radius 2 is 2.10 bits per heavy atom. The topological polar surface area (TPSA) is 46.3 Å². The molecule has 3 nitrogen and oxygen atoms in total. The maximum absolute atomic E-state index is 12.8. The number of rotatable bonds is 5. The van der Waals surface area contributed by atoms with Gasteiger partial charge in [0.15, 0.2) is 0 Å². The van der Waals surface area contributed by atoms with Gasteiger partial charge in [-0.05, 0) is 24.3 Å². The fourth-order valence-corrected chi connectivity index (χ4v) is 3.94. The van der Waals surface area contributed by atoms with Crippen LogP contribution in [0.3, 0.4) is 0 Å². The summed E-state index contributed by atoms with van der Waals surface area (Å²) in [6.07, 6.45) is 2.06. The second kappa shape index (κ2) is 7.85. The van der Waals surface area contributed by atoms with Crippen molar-refractivity contribution in [3.8, 4) is 0 Å². The molecule has 21 heavy (non-hydrogen) atoms. The minimum atomic E-state index is 0.0236. The third kappa shape index (κ3) is 4.75. The molecule has 2 N–H and O–H groups in total. The molecular formula is C17H26N2OS. The van der Waals surface area contributed by atoms with E-state index < -0.39 is 0 Å². The first-order valence-corrected chi connectivity index (χ1v) is 8.82. The number of hydrogen-bond acceptors (Lipinski definition) is 3. The van der Waals surface area contributed by atoms with Crippen LogP contribution in [0.25, 0.3) is 0 Å². The lowest BCUT2D eigenvalue weighted by atomic mass is 10.0. The van der Waals surface area contributed by atoms with E-state index in [1.807, 2.05) is 23.1 Å². The van der Waals surface area contributed by atoms with Gasteiger partial charge in [0.25, 0.3) is 0 Å². The number of likely N-dealkylation sites (tertiary alicyclic amines) is 1. The Morgan fingerprint density at radius 1 is 1.38 bits per heavy atom. The largest absolute Gasteiger partial charge is 0.340 e. The summed E-state index contributed by atoms with van der Waals surface area (Å²) in [6.45, 7) is 5.84. The third-order valence-corrected chi connectivity index (χ3v) is 5.50. The van der Waals surface area contributed by atoms with Crippen LogP contribution < -0.4 is 5.73 Å². The fraction of sp³-hybridized carbons (Fsp3) is 0.588. The van der Waals surface area contributed by atoms with Crippen molar-refractivity contribution in [3.63, 3.8) is 0 Å². The van der Waals surface area contributed by atoms with Crippen molar-refractivity contribution in [2.45, 2.75) is 43.7 Å². The average molecular weight is 306 g/mol. The molecule has 1 aromatic rings. The smallest absolute Gasteiger partial charge is 0.236 e. The maximum atomic E-state index is 12.8. The molecular weight excluding hydrogens is 280 g/mol. The molecule has 1 fully saturated rings. The minimum absolute atomic E-state index is 0.0236. The molecule has 116 valence electrons. The maximum Gasteiger partial charge on any atom is 0.236 e. The highest BCUT2D eigenvalue weighted by atomic mass is 32.2. The van der Waals surface area contributed by atoms with Crippen LogP contribution in [0.5, 0.6) is 0 Å².